The molecule has 3 N–H and O–H groups in total. The third kappa shape index (κ3) is 2.65. The van der Waals surface area contributed by atoms with Crippen LogP contribution in [0.5, 0.6) is 0 Å². The Morgan fingerprint density at radius 1 is 1.25 bits per heavy atom. The van der Waals surface area contributed by atoms with E-state index in [9.17, 15) is 23.4 Å². The molecule has 0 radical (unpaired) electrons. The number of hydrogen-bond donors (Lipinski definition) is 3. The molecule has 1 fully saturated rings. The maximum absolute atomic E-state index is 12.3. The van der Waals surface area contributed by atoms with Crippen molar-refractivity contribution in [1.29, 1.82) is 0 Å². The van der Waals surface area contributed by atoms with Crippen molar-refractivity contribution in [2.24, 2.45) is 0 Å². The molecule has 2 atom stereocenters. The van der Waals surface area contributed by atoms with Gasteiger partial charge >= 0.3 is 5.97 Å². The van der Waals surface area contributed by atoms with E-state index >= 15 is 0 Å². The first kappa shape index (κ1) is 15.2. The van der Waals surface area contributed by atoms with Gasteiger partial charge < -0.3 is 15.3 Å². The van der Waals surface area contributed by atoms with Gasteiger partial charge in [-0.3, -0.25) is 0 Å². The molecule has 0 bridgehead atoms. The van der Waals surface area contributed by atoms with Gasteiger partial charge in [0.25, 0.3) is 0 Å². The highest BCUT2D eigenvalue weighted by Crippen LogP contribution is 2.25. The summed E-state index contributed by atoms with van der Waals surface area (Å²) in [5.74, 6) is -1.26. The molecule has 110 valence electrons. The van der Waals surface area contributed by atoms with E-state index in [4.69, 9.17) is 16.7 Å². The van der Waals surface area contributed by atoms with E-state index in [1.54, 1.807) is 0 Å². The van der Waals surface area contributed by atoms with Crippen molar-refractivity contribution >= 4 is 27.6 Å². The fourth-order valence-corrected chi connectivity index (χ4v) is 3.74. The van der Waals surface area contributed by atoms with Gasteiger partial charge in [-0.25, -0.2) is 13.2 Å². The molecular formula is C11H12ClNO6S. The largest absolute Gasteiger partial charge is 0.478 e. The lowest BCUT2D eigenvalue weighted by Crippen LogP contribution is -2.30. The summed E-state index contributed by atoms with van der Waals surface area (Å²) in [6.45, 7) is -0.441. The summed E-state index contributed by atoms with van der Waals surface area (Å²) >= 11 is 5.73. The van der Waals surface area contributed by atoms with Crippen LogP contribution < -0.4 is 0 Å². The van der Waals surface area contributed by atoms with E-state index in [1.807, 2.05) is 0 Å². The highest BCUT2D eigenvalue weighted by Gasteiger charge is 2.37. The zero-order valence-electron chi connectivity index (χ0n) is 10.1. The third-order valence-corrected chi connectivity index (χ3v) is 5.17. The van der Waals surface area contributed by atoms with Crippen LogP contribution in [0.4, 0.5) is 0 Å². The minimum absolute atomic E-state index is 0.186. The summed E-state index contributed by atoms with van der Waals surface area (Å²) in [5, 5.41) is 27.4. The molecule has 1 aromatic rings. The van der Waals surface area contributed by atoms with Crippen LogP contribution in [0.25, 0.3) is 0 Å². The van der Waals surface area contributed by atoms with E-state index in [-0.39, 0.29) is 28.6 Å². The SMILES string of the molecule is O=C(O)c1ccc(S(=O)(=O)N2CC(O)C(O)C2)cc1Cl. The number of aliphatic hydroxyl groups excluding tert-OH is 2. The number of aromatic carboxylic acids is 1. The monoisotopic (exact) mass is 321 g/mol. The summed E-state index contributed by atoms with van der Waals surface area (Å²) in [6, 6.07) is 3.26. The predicted octanol–water partition coefficient (Wildman–Crippen LogP) is -0.236. The van der Waals surface area contributed by atoms with Crippen molar-refractivity contribution in [2.75, 3.05) is 13.1 Å². The Kier molecular flexibility index (Phi) is 4.03. The Labute approximate surface area is 120 Å². The smallest absolute Gasteiger partial charge is 0.337 e. The fourth-order valence-electron chi connectivity index (χ4n) is 1.91. The molecule has 9 heteroatoms. The van der Waals surface area contributed by atoms with Gasteiger partial charge in [-0.15, -0.1) is 0 Å². The number of nitrogens with zero attached hydrogens (tertiary/aromatic N) is 1. The standard InChI is InChI=1S/C11H12ClNO6S/c12-8-3-6(1-2-7(8)11(16)17)20(18,19)13-4-9(14)10(15)5-13/h1-3,9-10,14-15H,4-5H2,(H,16,17). The Hall–Kier alpha value is -1.19. The molecule has 0 aromatic heterocycles. The maximum Gasteiger partial charge on any atom is 0.337 e. The number of carboxylic acids is 1. The lowest BCUT2D eigenvalue weighted by Gasteiger charge is -2.16. The zero-order chi connectivity index (χ0) is 15.1. The number of benzene rings is 1. The first-order valence-electron chi connectivity index (χ1n) is 5.62. The van der Waals surface area contributed by atoms with Crippen molar-refractivity contribution in [3.8, 4) is 0 Å². The van der Waals surface area contributed by atoms with Crippen molar-refractivity contribution in [1.82, 2.24) is 4.31 Å². The Bertz CT molecular complexity index is 636. The maximum atomic E-state index is 12.3. The van der Waals surface area contributed by atoms with Crippen LogP contribution in [-0.4, -0.2) is 59.3 Å². The molecule has 0 amide bonds. The van der Waals surface area contributed by atoms with Gasteiger partial charge in [-0.05, 0) is 18.2 Å². The lowest BCUT2D eigenvalue weighted by molar-refractivity contribution is 0.0572. The molecule has 0 aliphatic carbocycles. The summed E-state index contributed by atoms with van der Waals surface area (Å²) < 4.78 is 25.4. The molecule has 1 heterocycles. The topological polar surface area (TPSA) is 115 Å². The second kappa shape index (κ2) is 5.30. The number of carbonyl (C=O) groups is 1. The second-order valence-electron chi connectivity index (χ2n) is 4.40. The Balaban J connectivity index is 2.36. The number of halogens is 1. The van der Waals surface area contributed by atoms with Crippen LogP contribution in [0.1, 0.15) is 10.4 Å². The molecular weight excluding hydrogens is 310 g/mol. The van der Waals surface area contributed by atoms with E-state index in [1.165, 1.54) is 0 Å². The van der Waals surface area contributed by atoms with Gasteiger partial charge in [0.15, 0.2) is 0 Å². The molecule has 2 unspecified atom stereocenters. The molecule has 1 aliphatic heterocycles. The average Bonchev–Trinajstić information content (AvgIpc) is 2.69. The van der Waals surface area contributed by atoms with Gasteiger partial charge in [0.1, 0.15) is 0 Å². The van der Waals surface area contributed by atoms with Crippen LogP contribution >= 0.6 is 11.6 Å². The van der Waals surface area contributed by atoms with E-state index < -0.39 is 28.2 Å². The van der Waals surface area contributed by atoms with Crippen LogP contribution in [0.2, 0.25) is 5.02 Å². The van der Waals surface area contributed by atoms with Gasteiger partial charge in [-0.1, -0.05) is 11.6 Å². The molecule has 2 rings (SSSR count). The number of sulfonamides is 1. The van der Waals surface area contributed by atoms with Crippen molar-refractivity contribution in [3.05, 3.63) is 28.8 Å². The predicted molar refractivity (Wildman–Crippen MR) is 69.2 cm³/mol. The molecule has 20 heavy (non-hydrogen) atoms. The molecule has 7 nitrogen and oxygen atoms in total. The number of carboxylic acid groups (broad SMARTS) is 1. The average molecular weight is 322 g/mol. The summed E-state index contributed by atoms with van der Waals surface area (Å²) in [6.07, 6.45) is -2.28. The van der Waals surface area contributed by atoms with Crippen molar-refractivity contribution in [2.45, 2.75) is 17.1 Å². The first-order valence-corrected chi connectivity index (χ1v) is 7.44. The van der Waals surface area contributed by atoms with E-state index in [2.05, 4.69) is 0 Å². The number of hydrogen-bond acceptors (Lipinski definition) is 5. The van der Waals surface area contributed by atoms with Gasteiger partial charge in [0.2, 0.25) is 10.0 Å². The van der Waals surface area contributed by atoms with Crippen LogP contribution in [0.3, 0.4) is 0 Å². The van der Waals surface area contributed by atoms with E-state index in [0.717, 1.165) is 22.5 Å². The fraction of sp³-hybridized carbons (Fsp3) is 0.364. The highest BCUT2D eigenvalue weighted by molar-refractivity contribution is 7.89. The van der Waals surface area contributed by atoms with Gasteiger partial charge in [-0.2, -0.15) is 4.31 Å². The van der Waals surface area contributed by atoms with Gasteiger partial charge in [0.05, 0.1) is 27.7 Å². The van der Waals surface area contributed by atoms with Crippen molar-refractivity contribution in [3.63, 3.8) is 0 Å². The van der Waals surface area contributed by atoms with Crippen molar-refractivity contribution < 1.29 is 28.5 Å². The molecule has 1 aromatic carbocycles. The minimum atomic E-state index is -3.93. The summed E-state index contributed by atoms with van der Waals surface area (Å²) in [7, 11) is -3.93. The quantitative estimate of drug-likeness (QED) is 0.708. The van der Waals surface area contributed by atoms with Crippen LogP contribution in [0.15, 0.2) is 23.1 Å². The van der Waals surface area contributed by atoms with Gasteiger partial charge in [0, 0.05) is 13.1 Å². The van der Waals surface area contributed by atoms with E-state index in [0.29, 0.717) is 0 Å². The second-order valence-corrected chi connectivity index (χ2v) is 6.75. The highest BCUT2D eigenvalue weighted by atomic mass is 35.5. The lowest BCUT2D eigenvalue weighted by atomic mass is 10.2. The zero-order valence-corrected chi connectivity index (χ0v) is 11.7. The first-order chi connectivity index (χ1) is 9.23. The molecule has 1 saturated heterocycles. The Morgan fingerprint density at radius 3 is 2.25 bits per heavy atom. The molecule has 0 spiro atoms. The molecule has 0 saturated carbocycles. The number of β-amino-alcohol motifs (C(OH)–C–C–N with tert-alkyl or cyclic N) is 2. The minimum Gasteiger partial charge on any atom is -0.478 e. The Morgan fingerprint density at radius 2 is 1.80 bits per heavy atom. The third-order valence-electron chi connectivity index (χ3n) is 3.03. The normalized spacial score (nSPS) is 23.9. The summed E-state index contributed by atoms with van der Waals surface area (Å²) in [4.78, 5) is 10.6. The summed E-state index contributed by atoms with van der Waals surface area (Å²) in [5.41, 5.74) is -0.202. The molecule has 1 aliphatic rings. The number of rotatable bonds is 3. The van der Waals surface area contributed by atoms with Crippen LogP contribution in [-0.2, 0) is 10.0 Å². The number of aliphatic hydroxyl groups is 2. The van der Waals surface area contributed by atoms with Crippen LogP contribution in [0, 0.1) is 0 Å².